The number of ketones is 1. The van der Waals surface area contributed by atoms with Crippen molar-refractivity contribution in [1.82, 2.24) is 0 Å². The smallest absolute Gasteiger partial charge is 0.166 e. The first kappa shape index (κ1) is 11.5. The van der Waals surface area contributed by atoms with E-state index in [4.69, 9.17) is 5.26 Å². The van der Waals surface area contributed by atoms with E-state index in [1.807, 2.05) is 38.1 Å². The minimum Gasteiger partial charge on any atom is -0.294 e. The Hall–Kier alpha value is -1.62. The number of nitriles is 1. The van der Waals surface area contributed by atoms with Crippen molar-refractivity contribution in [3.8, 4) is 6.07 Å². The van der Waals surface area contributed by atoms with Crippen LogP contribution in [0, 0.1) is 24.2 Å². The van der Waals surface area contributed by atoms with Crippen molar-refractivity contribution in [3.05, 3.63) is 35.4 Å². The number of rotatable bonds is 4. The lowest BCUT2D eigenvalue weighted by Crippen LogP contribution is -2.13. The highest BCUT2D eigenvalue weighted by molar-refractivity contribution is 5.98. The van der Waals surface area contributed by atoms with Crippen LogP contribution in [0.15, 0.2) is 24.3 Å². The number of benzene rings is 1. The van der Waals surface area contributed by atoms with E-state index in [0.29, 0.717) is 6.42 Å². The molecule has 15 heavy (non-hydrogen) atoms. The van der Waals surface area contributed by atoms with Crippen molar-refractivity contribution < 1.29 is 4.79 Å². The van der Waals surface area contributed by atoms with E-state index in [1.165, 1.54) is 0 Å². The number of carbonyl (C=O) groups excluding carboxylic acids is 1. The first-order valence-corrected chi connectivity index (χ1v) is 5.16. The Balaban J connectivity index is 2.88. The number of carbonyl (C=O) groups is 1. The van der Waals surface area contributed by atoms with Gasteiger partial charge in [0.05, 0.1) is 6.07 Å². The van der Waals surface area contributed by atoms with Gasteiger partial charge in [0.25, 0.3) is 0 Å². The van der Waals surface area contributed by atoms with Crippen LogP contribution in [0.2, 0.25) is 0 Å². The molecule has 0 N–H and O–H groups in total. The highest BCUT2D eigenvalue weighted by atomic mass is 16.1. The zero-order valence-electron chi connectivity index (χ0n) is 9.16. The Labute approximate surface area is 90.5 Å². The molecular weight excluding hydrogens is 186 g/mol. The lowest BCUT2D eigenvalue weighted by Gasteiger charge is -2.09. The molecule has 0 heterocycles. The molecule has 2 heteroatoms. The third kappa shape index (κ3) is 2.92. The molecule has 0 saturated carbocycles. The molecule has 1 aromatic carbocycles. The van der Waals surface area contributed by atoms with Gasteiger partial charge in [-0.2, -0.15) is 5.26 Å². The molecule has 2 nitrogen and oxygen atoms in total. The first-order valence-electron chi connectivity index (χ1n) is 5.16. The molecule has 0 aromatic heterocycles. The summed E-state index contributed by atoms with van der Waals surface area (Å²) in [5, 5.41) is 8.62. The Morgan fingerprint density at radius 2 is 2.27 bits per heavy atom. The van der Waals surface area contributed by atoms with E-state index >= 15 is 0 Å². The Kier molecular flexibility index (Phi) is 4.05. The topological polar surface area (TPSA) is 40.9 Å². The van der Waals surface area contributed by atoms with Crippen LogP contribution >= 0.6 is 0 Å². The Morgan fingerprint density at radius 1 is 1.53 bits per heavy atom. The molecule has 0 aliphatic carbocycles. The van der Waals surface area contributed by atoms with Crippen LogP contribution in [-0.4, -0.2) is 5.78 Å². The van der Waals surface area contributed by atoms with Crippen molar-refractivity contribution in [2.75, 3.05) is 0 Å². The summed E-state index contributed by atoms with van der Waals surface area (Å²) in [6, 6.07) is 9.59. The number of Topliss-reactive ketones (excluding diaryl/α,β-unsaturated/α-hetero) is 1. The van der Waals surface area contributed by atoms with Crippen molar-refractivity contribution in [2.24, 2.45) is 5.92 Å². The normalized spacial score (nSPS) is 11.8. The maximum atomic E-state index is 12.0. The summed E-state index contributed by atoms with van der Waals surface area (Å²) < 4.78 is 0. The largest absolute Gasteiger partial charge is 0.294 e. The summed E-state index contributed by atoms with van der Waals surface area (Å²) in [6.45, 7) is 3.90. The van der Waals surface area contributed by atoms with E-state index in [2.05, 4.69) is 6.07 Å². The van der Waals surface area contributed by atoms with E-state index in [9.17, 15) is 4.79 Å². The molecule has 0 fully saturated rings. The summed E-state index contributed by atoms with van der Waals surface area (Å²) in [5.74, 6) is -0.0699. The summed E-state index contributed by atoms with van der Waals surface area (Å²) in [7, 11) is 0. The lowest BCUT2D eigenvalue weighted by molar-refractivity contribution is 0.0918. The van der Waals surface area contributed by atoms with Gasteiger partial charge in [0, 0.05) is 17.9 Å². The van der Waals surface area contributed by atoms with Gasteiger partial charge < -0.3 is 0 Å². The summed E-state index contributed by atoms with van der Waals surface area (Å²) >= 11 is 0. The van der Waals surface area contributed by atoms with Gasteiger partial charge in [0.2, 0.25) is 0 Å². The van der Waals surface area contributed by atoms with Crippen LogP contribution in [0.4, 0.5) is 0 Å². The van der Waals surface area contributed by atoms with E-state index in [1.54, 1.807) is 0 Å². The molecular formula is C13H15NO. The number of nitrogens with zero attached hydrogens (tertiary/aromatic N) is 1. The Bertz CT molecular complexity index is 390. The summed E-state index contributed by atoms with van der Waals surface area (Å²) in [5.41, 5.74) is 1.80. The highest BCUT2D eigenvalue weighted by Gasteiger charge is 2.17. The van der Waals surface area contributed by atoms with Crippen molar-refractivity contribution in [3.63, 3.8) is 0 Å². The fourth-order valence-electron chi connectivity index (χ4n) is 1.57. The molecule has 1 rings (SSSR count). The number of hydrogen-bond donors (Lipinski definition) is 0. The summed E-state index contributed by atoms with van der Waals surface area (Å²) in [6.07, 6.45) is 1.03. The van der Waals surface area contributed by atoms with Gasteiger partial charge in [-0.05, 0) is 19.4 Å². The van der Waals surface area contributed by atoms with Gasteiger partial charge in [0.15, 0.2) is 5.78 Å². The number of aryl methyl sites for hydroxylation is 1. The van der Waals surface area contributed by atoms with Crippen molar-refractivity contribution in [2.45, 2.75) is 26.7 Å². The predicted octanol–water partition coefficient (Wildman–Crippen LogP) is 3.12. The van der Waals surface area contributed by atoms with E-state index in [0.717, 1.165) is 17.5 Å². The van der Waals surface area contributed by atoms with Crippen LogP contribution in [0.3, 0.4) is 0 Å². The third-order valence-electron chi connectivity index (χ3n) is 2.50. The van der Waals surface area contributed by atoms with Crippen LogP contribution in [0.25, 0.3) is 0 Å². The monoisotopic (exact) mass is 201 g/mol. The average molecular weight is 201 g/mol. The number of hydrogen-bond acceptors (Lipinski definition) is 2. The van der Waals surface area contributed by atoms with Gasteiger partial charge in [0.1, 0.15) is 0 Å². The van der Waals surface area contributed by atoms with Crippen LogP contribution in [0.5, 0.6) is 0 Å². The van der Waals surface area contributed by atoms with Crippen LogP contribution < -0.4 is 0 Å². The average Bonchev–Trinajstić information content (AvgIpc) is 2.25. The maximum Gasteiger partial charge on any atom is 0.166 e. The fourth-order valence-corrected chi connectivity index (χ4v) is 1.57. The summed E-state index contributed by atoms with van der Waals surface area (Å²) in [4.78, 5) is 12.0. The Morgan fingerprint density at radius 3 is 2.80 bits per heavy atom. The third-order valence-corrected chi connectivity index (χ3v) is 2.50. The second kappa shape index (κ2) is 5.31. The molecule has 0 bridgehead atoms. The van der Waals surface area contributed by atoms with E-state index < -0.39 is 0 Å². The van der Waals surface area contributed by atoms with Crippen molar-refractivity contribution >= 4 is 5.78 Å². The maximum absolute atomic E-state index is 12.0. The molecule has 1 unspecified atom stereocenters. The van der Waals surface area contributed by atoms with Gasteiger partial charge >= 0.3 is 0 Å². The molecule has 1 atom stereocenters. The molecule has 0 aliphatic heterocycles. The zero-order valence-corrected chi connectivity index (χ0v) is 9.16. The van der Waals surface area contributed by atoms with Gasteiger partial charge in [-0.15, -0.1) is 0 Å². The molecule has 0 radical (unpaired) electrons. The minimum absolute atomic E-state index is 0.0859. The fraction of sp³-hybridized carbons (Fsp3) is 0.385. The molecule has 1 aromatic rings. The quantitative estimate of drug-likeness (QED) is 0.702. The van der Waals surface area contributed by atoms with Gasteiger partial charge in [-0.3, -0.25) is 4.79 Å². The minimum atomic E-state index is -0.156. The van der Waals surface area contributed by atoms with Crippen LogP contribution in [-0.2, 0) is 0 Å². The SMILES string of the molecule is CCC(CC#N)C(=O)c1cccc(C)c1. The zero-order chi connectivity index (χ0) is 11.3. The molecule has 0 aliphatic rings. The lowest BCUT2D eigenvalue weighted by atomic mass is 9.92. The molecule has 0 saturated heterocycles. The molecule has 78 valence electrons. The molecule has 0 amide bonds. The van der Waals surface area contributed by atoms with Gasteiger partial charge in [-0.1, -0.05) is 30.7 Å². The van der Waals surface area contributed by atoms with E-state index in [-0.39, 0.29) is 11.7 Å². The van der Waals surface area contributed by atoms with Crippen molar-refractivity contribution in [1.29, 1.82) is 5.26 Å². The second-order valence-electron chi connectivity index (χ2n) is 3.70. The first-order chi connectivity index (χ1) is 7.19. The highest BCUT2D eigenvalue weighted by Crippen LogP contribution is 2.16. The predicted molar refractivity (Wildman–Crippen MR) is 59.5 cm³/mol. The standard InChI is InChI=1S/C13H15NO/c1-3-11(7-8-14)13(15)12-6-4-5-10(2)9-12/h4-6,9,11H,3,7H2,1-2H3. The molecule has 0 spiro atoms. The second-order valence-corrected chi connectivity index (χ2v) is 3.70. The van der Waals surface area contributed by atoms with Gasteiger partial charge in [-0.25, -0.2) is 0 Å². The van der Waals surface area contributed by atoms with Crippen LogP contribution in [0.1, 0.15) is 35.7 Å².